The fourth-order valence-electron chi connectivity index (χ4n) is 2.12. The molecule has 0 saturated heterocycles. The van der Waals surface area contributed by atoms with Gasteiger partial charge in [-0.2, -0.15) is 0 Å². The van der Waals surface area contributed by atoms with Crippen LogP contribution in [0.2, 0.25) is 0 Å². The lowest BCUT2D eigenvalue weighted by atomic mass is 10.1. The van der Waals surface area contributed by atoms with Crippen LogP contribution in [0.25, 0.3) is 0 Å². The third-order valence-electron chi connectivity index (χ3n) is 3.39. The summed E-state index contributed by atoms with van der Waals surface area (Å²) in [6.45, 7) is 5.78. The van der Waals surface area contributed by atoms with E-state index in [-0.39, 0.29) is 5.91 Å². The van der Waals surface area contributed by atoms with E-state index in [1.807, 2.05) is 51.1 Å². The SMILES string of the molecule is Cc1cc(Br)ccc1C(=O)Nc1c(C)ccc(N)c1C. The van der Waals surface area contributed by atoms with E-state index in [0.717, 1.165) is 26.9 Å². The number of nitrogens with one attached hydrogen (secondary N) is 1. The summed E-state index contributed by atoms with van der Waals surface area (Å²) in [6.07, 6.45) is 0. The van der Waals surface area contributed by atoms with E-state index >= 15 is 0 Å². The van der Waals surface area contributed by atoms with Crippen LogP contribution in [0.15, 0.2) is 34.8 Å². The zero-order valence-corrected chi connectivity index (χ0v) is 13.3. The highest BCUT2D eigenvalue weighted by Gasteiger charge is 2.13. The monoisotopic (exact) mass is 332 g/mol. The van der Waals surface area contributed by atoms with Gasteiger partial charge in [0.15, 0.2) is 0 Å². The first-order valence-electron chi connectivity index (χ1n) is 6.33. The van der Waals surface area contributed by atoms with Crippen molar-refractivity contribution in [2.45, 2.75) is 20.8 Å². The molecule has 0 bridgehead atoms. The number of amides is 1. The summed E-state index contributed by atoms with van der Waals surface area (Å²) in [7, 11) is 0. The van der Waals surface area contributed by atoms with Crippen molar-refractivity contribution in [3.63, 3.8) is 0 Å². The average Bonchev–Trinajstić information content (AvgIpc) is 2.39. The lowest BCUT2D eigenvalue weighted by Crippen LogP contribution is -2.15. The molecule has 0 atom stereocenters. The number of anilines is 2. The highest BCUT2D eigenvalue weighted by molar-refractivity contribution is 9.10. The van der Waals surface area contributed by atoms with E-state index in [9.17, 15) is 4.79 Å². The molecular weight excluding hydrogens is 316 g/mol. The van der Waals surface area contributed by atoms with Gasteiger partial charge in [0.05, 0.1) is 0 Å². The number of nitrogen functional groups attached to an aromatic ring is 1. The number of carbonyl (C=O) groups is 1. The van der Waals surface area contributed by atoms with Crippen LogP contribution >= 0.6 is 15.9 Å². The van der Waals surface area contributed by atoms with Crippen molar-refractivity contribution in [2.24, 2.45) is 0 Å². The van der Waals surface area contributed by atoms with Gasteiger partial charge in [-0.1, -0.05) is 22.0 Å². The second-order valence-electron chi connectivity index (χ2n) is 4.89. The van der Waals surface area contributed by atoms with Gasteiger partial charge < -0.3 is 11.1 Å². The summed E-state index contributed by atoms with van der Waals surface area (Å²) >= 11 is 3.40. The van der Waals surface area contributed by atoms with Gasteiger partial charge in [0.25, 0.3) is 5.91 Å². The van der Waals surface area contributed by atoms with Gasteiger partial charge in [-0.05, 0) is 61.7 Å². The quantitative estimate of drug-likeness (QED) is 0.809. The third-order valence-corrected chi connectivity index (χ3v) is 3.88. The Bertz CT molecular complexity index is 680. The second-order valence-corrected chi connectivity index (χ2v) is 5.80. The standard InChI is InChI=1S/C16H17BrN2O/c1-9-4-7-14(18)11(3)15(9)19-16(20)13-6-5-12(17)8-10(13)2/h4-8H,18H2,1-3H3,(H,19,20). The molecule has 1 amide bonds. The Kier molecular flexibility index (Phi) is 4.14. The minimum Gasteiger partial charge on any atom is -0.398 e. The number of hydrogen-bond donors (Lipinski definition) is 2. The topological polar surface area (TPSA) is 55.1 Å². The van der Waals surface area contributed by atoms with Crippen molar-refractivity contribution in [3.05, 3.63) is 57.1 Å². The van der Waals surface area contributed by atoms with Crippen LogP contribution in [0.1, 0.15) is 27.0 Å². The lowest BCUT2D eigenvalue weighted by molar-refractivity contribution is 0.102. The normalized spacial score (nSPS) is 10.4. The molecule has 3 nitrogen and oxygen atoms in total. The predicted octanol–water partition coefficient (Wildman–Crippen LogP) is 4.21. The molecular formula is C16H17BrN2O. The Morgan fingerprint density at radius 2 is 1.80 bits per heavy atom. The third kappa shape index (κ3) is 2.85. The maximum atomic E-state index is 12.4. The molecule has 20 heavy (non-hydrogen) atoms. The molecule has 0 heterocycles. The van der Waals surface area contributed by atoms with Crippen LogP contribution in [0.3, 0.4) is 0 Å². The van der Waals surface area contributed by atoms with Crippen LogP contribution in [-0.2, 0) is 0 Å². The molecule has 4 heteroatoms. The Morgan fingerprint density at radius 1 is 1.10 bits per heavy atom. The summed E-state index contributed by atoms with van der Waals surface area (Å²) in [4.78, 5) is 12.4. The minimum absolute atomic E-state index is 0.119. The fourth-order valence-corrected chi connectivity index (χ4v) is 2.59. The first-order chi connectivity index (χ1) is 9.40. The van der Waals surface area contributed by atoms with Gasteiger partial charge in [0, 0.05) is 21.4 Å². The maximum absolute atomic E-state index is 12.4. The molecule has 0 aliphatic rings. The summed E-state index contributed by atoms with van der Waals surface area (Å²) in [5, 5.41) is 2.96. The molecule has 2 aromatic rings. The number of rotatable bonds is 2. The van der Waals surface area contributed by atoms with Gasteiger partial charge in [-0.3, -0.25) is 4.79 Å². The largest absolute Gasteiger partial charge is 0.398 e. The van der Waals surface area contributed by atoms with Crippen LogP contribution in [0.5, 0.6) is 0 Å². The van der Waals surface area contributed by atoms with Crippen LogP contribution in [-0.4, -0.2) is 5.91 Å². The molecule has 0 fully saturated rings. The number of hydrogen-bond acceptors (Lipinski definition) is 2. The lowest BCUT2D eigenvalue weighted by Gasteiger charge is -2.14. The first-order valence-corrected chi connectivity index (χ1v) is 7.12. The van der Waals surface area contributed by atoms with Gasteiger partial charge in [0.1, 0.15) is 0 Å². The van der Waals surface area contributed by atoms with E-state index < -0.39 is 0 Å². The highest BCUT2D eigenvalue weighted by atomic mass is 79.9. The zero-order chi connectivity index (χ0) is 14.9. The van der Waals surface area contributed by atoms with E-state index in [2.05, 4.69) is 21.2 Å². The number of halogens is 1. The number of benzene rings is 2. The van der Waals surface area contributed by atoms with Crippen molar-refractivity contribution < 1.29 is 4.79 Å². The Morgan fingerprint density at radius 3 is 2.45 bits per heavy atom. The molecule has 0 radical (unpaired) electrons. The molecule has 2 aromatic carbocycles. The highest BCUT2D eigenvalue weighted by Crippen LogP contribution is 2.26. The molecule has 104 valence electrons. The maximum Gasteiger partial charge on any atom is 0.255 e. The number of nitrogens with two attached hydrogens (primary N) is 1. The van der Waals surface area contributed by atoms with Gasteiger partial charge >= 0.3 is 0 Å². The smallest absolute Gasteiger partial charge is 0.255 e. The molecule has 2 rings (SSSR count). The molecule has 3 N–H and O–H groups in total. The van der Waals surface area contributed by atoms with Crippen LogP contribution in [0.4, 0.5) is 11.4 Å². The summed E-state index contributed by atoms with van der Waals surface area (Å²) in [5.41, 5.74) is 10.8. The summed E-state index contributed by atoms with van der Waals surface area (Å²) in [6, 6.07) is 9.36. The van der Waals surface area contributed by atoms with Gasteiger partial charge in [-0.15, -0.1) is 0 Å². The summed E-state index contributed by atoms with van der Waals surface area (Å²) < 4.78 is 0.961. The number of carbonyl (C=O) groups excluding carboxylic acids is 1. The molecule has 0 aliphatic carbocycles. The Hall–Kier alpha value is -1.81. The van der Waals surface area contributed by atoms with E-state index in [0.29, 0.717) is 11.3 Å². The Labute approximate surface area is 127 Å². The second kappa shape index (κ2) is 5.67. The van der Waals surface area contributed by atoms with E-state index in [4.69, 9.17) is 5.73 Å². The number of aryl methyl sites for hydroxylation is 2. The molecule has 0 unspecified atom stereocenters. The summed E-state index contributed by atoms with van der Waals surface area (Å²) in [5.74, 6) is -0.119. The Balaban J connectivity index is 2.35. The first kappa shape index (κ1) is 14.6. The van der Waals surface area contributed by atoms with Crippen LogP contribution in [0, 0.1) is 20.8 Å². The van der Waals surface area contributed by atoms with Crippen molar-refractivity contribution in [1.29, 1.82) is 0 Å². The van der Waals surface area contributed by atoms with E-state index in [1.54, 1.807) is 0 Å². The fraction of sp³-hybridized carbons (Fsp3) is 0.188. The van der Waals surface area contributed by atoms with Gasteiger partial charge in [0.2, 0.25) is 0 Å². The van der Waals surface area contributed by atoms with Crippen molar-refractivity contribution in [3.8, 4) is 0 Å². The molecule has 0 aromatic heterocycles. The predicted molar refractivity (Wildman–Crippen MR) is 87.2 cm³/mol. The average molecular weight is 333 g/mol. The molecule has 0 spiro atoms. The van der Waals surface area contributed by atoms with Crippen LogP contribution < -0.4 is 11.1 Å². The zero-order valence-electron chi connectivity index (χ0n) is 11.8. The van der Waals surface area contributed by atoms with Crippen molar-refractivity contribution in [2.75, 3.05) is 11.1 Å². The van der Waals surface area contributed by atoms with E-state index in [1.165, 1.54) is 0 Å². The van der Waals surface area contributed by atoms with Crippen molar-refractivity contribution in [1.82, 2.24) is 0 Å². The minimum atomic E-state index is -0.119. The molecule has 0 aliphatic heterocycles. The van der Waals surface area contributed by atoms with Crippen molar-refractivity contribution >= 4 is 33.2 Å². The molecule has 0 saturated carbocycles. The van der Waals surface area contributed by atoms with Gasteiger partial charge in [-0.25, -0.2) is 0 Å².